The normalized spacial score (nSPS) is 10.3. The molecule has 0 unspecified atom stereocenters. The van der Waals surface area contributed by atoms with E-state index in [2.05, 4.69) is 15.3 Å². The third-order valence-electron chi connectivity index (χ3n) is 3.68. The maximum atomic E-state index is 11.6. The highest BCUT2D eigenvalue weighted by Crippen LogP contribution is 2.36. The summed E-state index contributed by atoms with van der Waals surface area (Å²) in [5.41, 5.74) is 1.07. The van der Waals surface area contributed by atoms with Crippen molar-refractivity contribution in [2.45, 2.75) is 6.92 Å². The Morgan fingerprint density at radius 1 is 1.11 bits per heavy atom. The van der Waals surface area contributed by atoms with Gasteiger partial charge in [-0.05, 0) is 48.9 Å². The molecule has 0 amide bonds. The highest BCUT2D eigenvalue weighted by atomic mass is 35.5. The number of nitro groups is 1. The van der Waals surface area contributed by atoms with Gasteiger partial charge in [0.05, 0.1) is 12.0 Å². The molecule has 0 bridgehead atoms. The van der Waals surface area contributed by atoms with Crippen molar-refractivity contribution in [2.24, 2.45) is 0 Å². The Morgan fingerprint density at radius 3 is 2.44 bits per heavy atom. The molecule has 0 saturated heterocycles. The molecule has 9 heteroatoms. The Morgan fingerprint density at radius 2 is 1.81 bits per heavy atom. The lowest BCUT2D eigenvalue weighted by Crippen LogP contribution is -2.03. The SMILES string of the molecule is COc1ccc(Oc2ncnc(Nc3ccc(C)c(Cl)c3)c2[N+](=O)[O-])cc1. The first kappa shape index (κ1) is 18.4. The summed E-state index contributed by atoms with van der Waals surface area (Å²) in [7, 11) is 1.54. The van der Waals surface area contributed by atoms with Crippen LogP contribution in [0.25, 0.3) is 0 Å². The Balaban J connectivity index is 1.94. The lowest BCUT2D eigenvalue weighted by atomic mass is 10.2. The van der Waals surface area contributed by atoms with Crippen LogP contribution in [-0.4, -0.2) is 22.0 Å². The van der Waals surface area contributed by atoms with E-state index in [9.17, 15) is 10.1 Å². The van der Waals surface area contributed by atoms with E-state index in [0.29, 0.717) is 22.2 Å². The number of aryl methyl sites for hydroxylation is 1. The van der Waals surface area contributed by atoms with E-state index in [1.165, 1.54) is 6.33 Å². The molecule has 27 heavy (non-hydrogen) atoms. The number of methoxy groups -OCH3 is 1. The average molecular weight is 387 g/mol. The van der Waals surface area contributed by atoms with Crippen LogP contribution < -0.4 is 14.8 Å². The largest absolute Gasteiger partial charge is 0.497 e. The number of ether oxygens (including phenoxy) is 2. The molecule has 0 spiro atoms. The van der Waals surface area contributed by atoms with Crippen LogP contribution in [0.5, 0.6) is 17.4 Å². The zero-order valence-corrected chi connectivity index (χ0v) is 15.2. The molecular formula is C18H15ClN4O4. The Bertz CT molecular complexity index is 980. The minimum absolute atomic E-state index is 0.00145. The van der Waals surface area contributed by atoms with Crippen molar-refractivity contribution in [3.63, 3.8) is 0 Å². The Labute approximate surface area is 159 Å². The summed E-state index contributed by atoms with van der Waals surface area (Å²) in [5.74, 6) is 0.833. The zero-order chi connectivity index (χ0) is 19.4. The van der Waals surface area contributed by atoms with E-state index in [1.807, 2.05) is 6.92 Å². The van der Waals surface area contributed by atoms with Gasteiger partial charge >= 0.3 is 11.6 Å². The summed E-state index contributed by atoms with van der Waals surface area (Å²) in [6.45, 7) is 1.86. The van der Waals surface area contributed by atoms with Gasteiger partial charge in [-0.25, -0.2) is 4.98 Å². The summed E-state index contributed by atoms with van der Waals surface area (Å²) in [6.07, 6.45) is 1.18. The number of hydrogen-bond donors (Lipinski definition) is 1. The van der Waals surface area contributed by atoms with E-state index in [-0.39, 0.29) is 17.4 Å². The van der Waals surface area contributed by atoms with E-state index < -0.39 is 4.92 Å². The first-order valence-electron chi connectivity index (χ1n) is 7.82. The molecule has 1 aromatic heterocycles. The number of rotatable bonds is 6. The third-order valence-corrected chi connectivity index (χ3v) is 4.09. The molecule has 0 aliphatic heterocycles. The molecule has 1 heterocycles. The van der Waals surface area contributed by atoms with Crippen LogP contribution in [0.15, 0.2) is 48.8 Å². The van der Waals surface area contributed by atoms with Crippen LogP contribution in [-0.2, 0) is 0 Å². The van der Waals surface area contributed by atoms with Crippen molar-refractivity contribution in [3.8, 4) is 17.4 Å². The summed E-state index contributed by atoms with van der Waals surface area (Å²) < 4.78 is 10.7. The zero-order valence-electron chi connectivity index (χ0n) is 14.5. The number of hydrogen-bond acceptors (Lipinski definition) is 7. The van der Waals surface area contributed by atoms with Gasteiger partial charge < -0.3 is 14.8 Å². The van der Waals surface area contributed by atoms with Crippen molar-refractivity contribution in [2.75, 3.05) is 12.4 Å². The predicted octanol–water partition coefficient (Wildman–Crippen LogP) is 4.89. The number of aromatic nitrogens is 2. The van der Waals surface area contributed by atoms with Crippen molar-refractivity contribution in [3.05, 3.63) is 69.5 Å². The highest BCUT2D eigenvalue weighted by Gasteiger charge is 2.25. The van der Waals surface area contributed by atoms with Crippen molar-refractivity contribution >= 4 is 28.8 Å². The first-order chi connectivity index (χ1) is 13.0. The second-order valence-corrected chi connectivity index (χ2v) is 5.91. The molecule has 0 aliphatic rings. The van der Waals surface area contributed by atoms with Gasteiger partial charge in [-0.15, -0.1) is 0 Å². The van der Waals surface area contributed by atoms with Gasteiger partial charge in [-0.3, -0.25) is 10.1 Å². The van der Waals surface area contributed by atoms with Gasteiger partial charge in [-0.1, -0.05) is 17.7 Å². The fraction of sp³-hybridized carbons (Fsp3) is 0.111. The minimum atomic E-state index is -0.600. The standard InChI is InChI=1S/C18H15ClN4O4/c1-11-3-4-12(9-15(11)19)22-17-16(23(24)25)18(21-10-20-17)27-14-7-5-13(26-2)6-8-14/h3-10H,1-2H3,(H,20,21,22). The van der Waals surface area contributed by atoms with Crippen LogP contribution >= 0.6 is 11.6 Å². The van der Waals surface area contributed by atoms with Crippen LogP contribution in [0.4, 0.5) is 17.2 Å². The first-order valence-corrected chi connectivity index (χ1v) is 8.20. The molecule has 0 atom stereocenters. The van der Waals surface area contributed by atoms with Gasteiger partial charge in [0.25, 0.3) is 0 Å². The molecule has 3 aromatic rings. The topological polar surface area (TPSA) is 99.4 Å². The van der Waals surface area contributed by atoms with Gasteiger partial charge in [-0.2, -0.15) is 4.98 Å². The molecule has 0 aliphatic carbocycles. The van der Waals surface area contributed by atoms with Gasteiger partial charge in [0, 0.05) is 10.7 Å². The molecule has 0 fully saturated rings. The van der Waals surface area contributed by atoms with Crippen molar-refractivity contribution in [1.82, 2.24) is 9.97 Å². The van der Waals surface area contributed by atoms with Gasteiger partial charge in [0.15, 0.2) is 0 Å². The molecule has 8 nitrogen and oxygen atoms in total. The molecule has 3 rings (SSSR count). The van der Waals surface area contributed by atoms with Gasteiger partial charge in [0.1, 0.15) is 17.8 Å². The maximum absolute atomic E-state index is 11.6. The average Bonchev–Trinajstić information content (AvgIpc) is 2.65. The molecule has 138 valence electrons. The monoisotopic (exact) mass is 386 g/mol. The number of halogens is 1. The van der Waals surface area contributed by atoms with Gasteiger partial charge in [0.2, 0.25) is 5.82 Å². The second-order valence-electron chi connectivity index (χ2n) is 5.50. The maximum Gasteiger partial charge on any atom is 0.373 e. The summed E-state index contributed by atoms with van der Waals surface area (Å²) in [6, 6.07) is 11.8. The summed E-state index contributed by atoms with van der Waals surface area (Å²) in [4.78, 5) is 18.9. The van der Waals surface area contributed by atoms with E-state index in [1.54, 1.807) is 49.6 Å². The molecule has 0 saturated carbocycles. The summed E-state index contributed by atoms with van der Waals surface area (Å²) in [5, 5.41) is 15.0. The summed E-state index contributed by atoms with van der Waals surface area (Å²) >= 11 is 6.10. The predicted molar refractivity (Wildman–Crippen MR) is 101 cm³/mol. The molecule has 2 aromatic carbocycles. The molecule has 0 radical (unpaired) electrons. The molecular weight excluding hydrogens is 372 g/mol. The fourth-order valence-electron chi connectivity index (χ4n) is 2.26. The molecule has 1 N–H and O–H groups in total. The second kappa shape index (κ2) is 7.88. The van der Waals surface area contributed by atoms with Crippen LogP contribution in [0.1, 0.15) is 5.56 Å². The van der Waals surface area contributed by atoms with E-state index in [4.69, 9.17) is 21.1 Å². The Hall–Kier alpha value is -3.39. The minimum Gasteiger partial charge on any atom is -0.497 e. The number of nitrogens with one attached hydrogen (secondary N) is 1. The van der Waals surface area contributed by atoms with E-state index >= 15 is 0 Å². The lowest BCUT2D eigenvalue weighted by molar-refractivity contribution is -0.385. The quantitative estimate of drug-likeness (QED) is 0.475. The Kier molecular flexibility index (Phi) is 5.37. The van der Waals surface area contributed by atoms with Crippen molar-refractivity contribution in [1.29, 1.82) is 0 Å². The van der Waals surface area contributed by atoms with Crippen LogP contribution in [0, 0.1) is 17.0 Å². The van der Waals surface area contributed by atoms with Crippen molar-refractivity contribution < 1.29 is 14.4 Å². The van der Waals surface area contributed by atoms with E-state index in [0.717, 1.165) is 5.56 Å². The van der Waals surface area contributed by atoms with Crippen LogP contribution in [0.3, 0.4) is 0 Å². The fourth-order valence-corrected chi connectivity index (χ4v) is 2.44. The number of anilines is 2. The van der Waals surface area contributed by atoms with Crippen LogP contribution in [0.2, 0.25) is 5.02 Å². The lowest BCUT2D eigenvalue weighted by Gasteiger charge is -2.10. The third kappa shape index (κ3) is 4.24. The number of benzene rings is 2. The number of nitrogens with zero attached hydrogens (tertiary/aromatic N) is 3. The highest BCUT2D eigenvalue weighted by molar-refractivity contribution is 6.31. The smallest absolute Gasteiger partial charge is 0.373 e.